The van der Waals surface area contributed by atoms with Crippen LogP contribution in [0.15, 0.2) is 11.4 Å². The highest BCUT2D eigenvalue weighted by Crippen LogP contribution is 2.34. The average Bonchev–Trinajstić information content (AvgIpc) is 3.11. The van der Waals surface area contributed by atoms with E-state index in [9.17, 15) is 8.78 Å². The van der Waals surface area contributed by atoms with E-state index in [0.29, 0.717) is 48.6 Å². The fourth-order valence-electron chi connectivity index (χ4n) is 3.47. The van der Waals surface area contributed by atoms with Crippen molar-refractivity contribution in [3.05, 3.63) is 17.1 Å². The summed E-state index contributed by atoms with van der Waals surface area (Å²) in [5.41, 5.74) is 0.906. The lowest BCUT2D eigenvalue weighted by molar-refractivity contribution is -0.0361. The van der Waals surface area contributed by atoms with Gasteiger partial charge in [-0.3, -0.25) is 0 Å². The SMILES string of the molecule is Cc1csc(-c2nc(NC3CCC(F)(F)CC3)cc(OC3CCOCC3)n2)n1. The van der Waals surface area contributed by atoms with E-state index in [2.05, 4.69) is 20.3 Å². The number of thiazole rings is 1. The second-order valence-electron chi connectivity index (χ2n) is 7.41. The third-order valence-corrected chi connectivity index (χ3v) is 5.99. The zero-order valence-electron chi connectivity index (χ0n) is 15.8. The van der Waals surface area contributed by atoms with E-state index >= 15 is 0 Å². The molecule has 2 aromatic heterocycles. The summed E-state index contributed by atoms with van der Waals surface area (Å²) in [6, 6.07) is 1.72. The van der Waals surface area contributed by atoms with Crippen LogP contribution in [0.2, 0.25) is 0 Å². The van der Waals surface area contributed by atoms with Crippen LogP contribution < -0.4 is 10.1 Å². The number of anilines is 1. The van der Waals surface area contributed by atoms with E-state index in [1.54, 1.807) is 6.07 Å². The molecule has 2 aliphatic rings. The first-order chi connectivity index (χ1) is 13.5. The molecule has 1 saturated carbocycles. The number of alkyl halides is 2. The predicted octanol–water partition coefficient (Wildman–Crippen LogP) is 4.46. The van der Waals surface area contributed by atoms with Crippen molar-refractivity contribution in [3.8, 4) is 16.7 Å². The van der Waals surface area contributed by atoms with Crippen LogP contribution in [-0.4, -0.2) is 46.2 Å². The summed E-state index contributed by atoms with van der Waals surface area (Å²) < 4.78 is 38.3. The number of nitrogens with one attached hydrogen (secondary N) is 1. The molecule has 2 fully saturated rings. The zero-order chi connectivity index (χ0) is 19.6. The van der Waals surface area contributed by atoms with Gasteiger partial charge in [-0.25, -0.2) is 18.7 Å². The van der Waals surface area contributed by atoms with Gasteiger partial charge in [0, 0.05) is 48.9 Å². The van der Waals surface area contributed by atoms with E-state index < -0.39 is 5.92 Å². The second-order valence-corrected chi connectivity index (χ2v) is 8.27. The molecule has 28 heavy (non-hydrogen) atoms. The Morgan fingerprint density at radius 2 is 1.89 bits per heavy atom. The minimum atomic E-state index is -2.55. The largest absolute Gasteiger partial charge is 0.474 e. The molecule has 0 atom stereocenters. The number of hydrogen-bond acceptors (Lipinski definition) is 7. The molecule has 1 aliphatic heterocycles. The van der Waals surface area contributed by atoms with Crippen LogP contribution in [0, 0.1) is 6.92 Å². The maximum Gasteiger partial charge on any atom is 0.248 e. The number of halogens is 2. The first-order valence-corrected chi connectivity index (χ1v) is 10.6. The van der Waals surface area contributed by atoms with Crippen molar-refractivity contribution >= 4 is 17.2 Å². The summed E-state index contributed by atoms with van der Waals surface area (Å²) in [7, 11) is 0. The third-order valence-electron chi connectivity index (χ3n) is 5.04. The van der Waals surface area contributed by atoms with Crippen molar-refractivity contribution in [2.24, 2.45) is 0 Å². The molecule has 1 N–H and O–H groups in total. The molecule has 9 heteroatoms. The van der Waals surface area contributed by atoms with Gasteiger partial charge in [-0.1, -0.05) is 0 Å². The highest BCUT2D eigenvalue weighted by atomic mass is 32.1. The Hall–Kier alpha value is -1.87. The van der Waals surface area contributed by atoms with Crippen LogP contribution >= 0.6 is 11.3 Å². The predicted molar refractivity (Wildman–Crippen MR) is 103 cm³/mol. The van der Waals surface area contributed by atoms with E-state index in [1.165, 1.54) is 11.3 Å². The molecule has 6 nitrogen and oxygen atoms in total. The molecule has 0 radical (unpaired) electrons. The monoisotopic (exact) mass is 410 g/mol. The zero-order valence-corrected chi connectivity index (χ0v) is 16.6. The Kier molecular flexibility index (Phi) is 5.73. The first-order valence-electron chi connectivity index (χ1n) is 9.67. The Labute approximate surface area is 166 Å². The molecular formula is C19H24F2N4O2S. The van der Waals surface area contributed by atoms with Crippen LogP contribution in [0.4, 0.5) is 14.6 Å². The van der Waals surface area contributed by atoms with E-state index in [4.69, 9.17) is 9.47 Å². The number of aryl methyl sites for hydroxylation is 1. The lowest BCUT2D eigenvalue weighted by atomic mass is 9.92. The lowest BCUT2D eigenvalue weighted by Crippen LogP contribution is -2.32. The summed E-state index contributed by atoms with van der Waals surface area (Å²) in [6.07, 6.45) is 2.32. The van der Waals surface area contributed by atoms with Gasteiger partial charge in [0.15, 0.2) is 10.8 Å². The van der Waals surface area contributed by atoms with E-state index in [1.807, 2.05) is 12.3 Å². The average molecular weight is 410 g/mol. The molecule has 1 aliphatic carbocycles. The van der Waals surface area contributed by atoms with Crippen LogP contribution in [0.25, 0.3) is 10.8 Å². The van der Waals surface area contributed by atoms with Crippen LogP contribution in [-0.2, 0) is 4.74 Å². The molecule has 0 spiro atoms. The molecule has 4 rings (SSSR count). The van der Waals surface area contributed by atoms with Crippen molar-refractivity contribution in [1.82, 2.24) is 15.0 Å². The Morgan fingerprint density at radius 1 is 1.14 bits per heavy atom. The fraction of sp³-hybridized carbons (Fsp3) is 0.632. The Balaban J connectivity index is 1.54. The Morgan fingerprint density at radius 3 is 2.57 bits per heavy atom. The standard InChI is InChI=1S/C19H24F2N4O2S/c1-12-11-28-18(22-12)17-24-15(23-13-2-6-19(20,21)7-3-13)10-16(25-17)27-14-4-8-26-9-5-14/h10-11,13-14H,2-9H2,1H3,(H,23,24,25). The lowest BCUT2D eigenvalue weighted by Gasteiger charge is -2.29. The normalized spacial score (nSPS) is 20.8. The first kappa shape index (κ1) is 19.4. The van der Waals surface area contributed by atoms with Crippen molar-refractivity contribution < 1.29 is 18.3 Å². The number of ether oxygens (including phenoxy) is 2. The quantitative estimate of drug-likeness (QED) is 0.785. The topological polar surface area (TPSA) is 69.2 Å². The van der Waals surface area contributed by atoms with Gasteiger partial charge in [-0.05, 0) is 19.8 Å². The van der Waals surface area contributed by atoms with Crippen molar-refractivity contribution in [3.63, 3.8) is 0 Å². The van der Waals surface area contributed by atoms with Gasteiger partial charge >= 0.3 is 0 Å². The van der Waals surface area contributed by atoms with Gasteiger partial charge < -0.3 is 14.8 Å². The van der Waals surface area contributed by atoms with Crippen molar-refractivity contribution in [2.75, 3.05) is 18.5 Å². The van der Waals surface area contributed by atoms with Crippen LogP contribution in [0.3, 0.4) is 0 Å². The van der Waals surface area contributed by atoms with Gasteiger partial charge in [0.2, 0.25) is 11.8 Å². The van der Waals surface area contributed by atoms with E-state index in [0.717, 1.165) is 18.5 Å². The van der Waals surface area contributed by atoms with Gasteiger partial charge in [0.1, 0.15) is 11.9 Å². The van der Waals surface area contributed by atoms with Gasteiger partial charge in [-0.2, -0.15) is 4.98 Å². The van der Waals surface area contributed by atoms with Crippen molar-refractivity contribution in [1.29, 1.82) is 0 Å². The molecule has 1 saturated heterocycles. The number of aromatic nitrogens is 3. The number of nitrogens with zero attached hydrogens (tertiary/aromatic N) is 3. The smallest absolute Gasteiger partial charge is 0.248 e. The summed E-state index contributed by atoms with van der Waals surface area (Å²) in [5, 5.41) is 5.96. The summed E-state index contributed by atoms with van der Waals surface area (Å²) >= 11 is 1.47. The number of hydrogen-bond donors (Lipinski definition) is 1. The van der Waals surface area contributed by atoms with E-state index in [-0.39, 0.29) is 25.0 Å². The Bertz CT molecular complexity index is 801. The highest BCUT2D eigenvalue weighted by molar-refractivity contribution is 7.13. The maximum atomic E-state index is 13.4. The molecule has 152 valence electrons. The van der Waals surface area contributed by atoms with Gasteiger partial charge in [0.05, 0.1) is 13.2 Å². The summed E-state index contributed by atoms with van der Waals surface area (Å²) in [4.78, 5) is 13.6. The minimum Gasteiger partial charge on any atom is -0.474 e. The van der Waals surface area contributed by atoms with Crippen molar-refractivity contribution in [2.45, 2.75) is 63.5 Å². The molecule has 0 bridgehead atoms. The van der Waals surface area contributed by atoms with Gasteiger partial charge in [0.25, 0.3) is 0 Å². The highest BCUT2D eigenvalue weighted by Gasteiger charge is 2.35. The van der Waals surface area contributed by atoms with Crippen LogP contribution in [0.5, 0.6) is 5.88 Å². The molecular weight excluding hydrogens is 386 g/mol. The fourth-order valence-corrected chi connectivity index (χ4v) is 4.20. The van der Waals surface area contributed by atoms with Gasteiger partial charge in [-0.15, -0.1) is 11.3 Å². The number of rotatable bonds is 5. The molecule has 3 heterocycles. The maximum absolute atomic E-state index is 13.4. The second kappa shape index (κ2) is 8.24. The molecule has 0 amide bonds. The summed E-state index contributed by atoms with van der Waals surface area (Å²) in [6.45, 7) is 3.27. The summed E-state index contributed by atoms with van der Waals surface area (Å²) in [5.74, 6) is -0.986. The third kappa shape index (κ3) is 4.94. The molecule has 0 unspecified atom stereocenters. The molecule has 2 aromatic rings. The van der Waals surface area contributed by atoms with Crippen LogP contribution in [0.1, 0.15) is 44.2 Å². The molecule has 0 aromatic carbocycles. The minimum absolute atomic E-state index is 0.0312.